The average Bonchev–Trinajstić information content (AvgIpc) is 2.48. The van der Waals surface area contributed by atoms with Crippen LogP contribution in [0.4, 0.5) is 0 Å². The van der Waals surface area contributed by atoms with Gasteiger partial charge in [-0.15, -0.1) is 0 Å². The average molecular weight is 257 g/mol. The molecule has 4 nitrogen and oxygen atoms in total. The minimum absolute atomic E-state index is 0.568. The van der Waals surface area contributed by atoms with Crippen LogP contribution in [0.2, 0.25) is 0 Å². The molecular formula is C15H19N3O. The lowest BCUT2D eigenvalue weighted by Crippen LogP contribution is -2.28. The molecule has 4 heteroatoms. The van der Waals surface area contributed by atoms with Crippen molar-refractivity contribution in [1.82, 2.24) is 15.3 Å². The van der Waals surface area contributed by atoms with Crippen LogP contribution in [-0.4, -0.2) is 30.2 Å². The van der Waals surface area contributed by atoms with Crippen LogP contribution >= 0.6 is 0 Å². The van der Waals surface area contributed by atoms with Gasteiger partial charge in [0, 0.05) is 0 Å². The summed E-state index contributed by atoms with van der Waals surface area (Å²) in [6.07, 6.45) is 5.36. The van der Waals surface area contributed by atoms with Crippen LogP contribution in [0.1, 0.15) is 18.4 Å². The van der Waals surface area contributed by atoms with Crippen molar-refractivity contribution >= 4 is 11.0 Å². The van der Waals surface area contributed by atoms with Gasteiger partial charge in [-0.1, -0.05) is 6.07 Å². The van der Waals surface area contributed by atoms with Crippen molar-refractivity contribution in [2.24, 2.45) is 5.92 Å². The molecule has 2 aromatic rings. The van der Waals surface area contributed by atoms with E-state index in [-0.39, 0.29) is 0 Å². The molecule has 0 amide bonds. The molecule has 1 fully saturated rings. The van der Waals surface area contributed by atoms with E-state index in [0.29, 0.717) is 5.88 Å². The number of hydrogen-bond acceptors (Lipinski definition) is 4. The third-order valence-corrected chi connectivity index (χ3v) is 3.78. The number of nitrogens with one attached hydrogen (secondary N) is 1. The van der Waals surface area contributed by atoms with E-state index >= 15 is 0 Å². The molecule has 0 atom stereocenters. The third kappa shape index (κ3) is 2.84. The van der Waals surface area contributed by atoms with Crippen LogP contribution in [0, 0.1) is 5.92 Å². The second-order valence-electron chi connectivity index (χ2n) is 5.13. The van der Waals surface area contributed by atoms with Crippen LogP contribution in [-0.2, 0) is 6.42 Å². The molecular weight excluding hydrogens is 238 g/mol. The van der Waals surface area contributed by atoms with E-state index in [9.17, 15) is 0 Å². The van der Waals surface area contributed by atoms with E-state index in [1.807, 2.05) is 6.07 Å². The topological polar surface area (TPSA) is 47.0 Å². The third-order valence-electron chi connectivity index (χ3n) is 3.78. The molecule has 100 valence electrons. The highest BCUT2D eigenvalue weighted by atomic mass is 16.5. The zero-order chi connectivity index (χ0) is 13.1. The first-order valence-electron chi connectivity index (χ1n) is 6.85. The Bertz CT molecular complexity index is 564. The van der Waals surface area contributed by atoms with Gasteiger partial charge in [-0.05, 0) is 56.0 Å². The summed E-state index contributed by atoms with van der Waals surface area (Å²) in [4.78, 5) is 8.79. The lowest BCUT2D eigenvalue weighted by Gasteiger charge is -2.22. The molecule has 1 saturated heterocycles. The monoisotopic (exact) mass is 257 g/mol. The Labute approximate surface area is 113 Å². The van der Waals surface area contributed by atoms with Crippen molar-refractivity contribution in [1.29, 1.82) is 0 Å². The van der Waals surface area contributed by atoms with Gasteiger partial charge in [-0.25, -0.2) is 9.97 Å². The molecule has 1 aliphatic heterocycles. The summed E-state index contributed by atoms with van der Waals surface area (Å²) < 4.78 is 5.09. The molecule has 3 rings (SSSR count). The Balaban J connectivity index is 1.80. The summed E-state index contributed by atoms with van der Waals surface area (Å²) in [7, 11) is 1.61. The first kappa shape index (κ1) is 12.4. The second kappa shape index (κ2) is 5.53. The van der Waals surface area contributed by atoms with Crippen LogP contribution in [0.5, 0.6) is 5.88 Å². The highest BCUT2D eigenvalue weighted by Crippen LogP contribution is 2.21. The molecule has 1 N–H and O–H groups in total. The zero-order valence-electron chi connectivity index (χ0n) is 11.2. The summed E-state index contributed by atoms with van der Waals surface area (Å²) in [5.74, 6) is 1.36. The Morgan fingerprint density at radius 1 is 1.26 bits per heavy atom. The van der Waals surface area contributed by atoms with Crippen molar-refractivity contribution in [2.75, 3.05) is 20.2 Å². The summed E-state index contributed by atoms with van der Waals surface area (Å²) in [6.45, 7) is 2.30. The number of rotatable bonds is 3. The number of aromatic nitrogens is 2. The first-order chi connectivity index (χ1) is 9.35. The van der Waals surface area contributed by atoms with Crippen molar-refractivity contribution < 1.29 is 4.74 Å². The number of fused-ring (bicyclic) bond motifs is 1. The van der Waals surface area contributed by atoms with Gasteiger partial charge in [-0.2, -0.15) is 0 Å². The van der Waals surface area contributed by atoms with Gasteiger partial charge in [-0.3, -0.25) is 0 Å². The van der Waals surface area contributed by atoms with Crippen LogP contribution in [0.3, 0.4) is 0 Å². The van der Waals surface area contributed by atoms with E-state index in [4.69, 9.17) is 4.74 Å². The van der Waals surface area contributed by atoms with Crippen LogP contribution < -0.4 is 10.1 Å². The van der Waals surface area contributed by atoms with Gasteiger partial charge in [0.25, 0.3) is 0 Å². The minimum atomic E-state index is 0.568. The molecule has 0 unspecified atom stereocenters. The Morgan fingerprint density at radius 2 is 2.11 bits per heavy atom. The fourth-order valence-electron chi connectivity index (χ4n) is 2.68. The molecule has 1 aliphatic rings. The Morgan fingerprint density at radius 3 is 2.89 bits per heavy atom. The van der Waals surface area contributed by atoms with Crippen molar-refractivity contribution in [3.05, 3.63) is 30.0 Å². The van der Waals surface area contributed by atoms with Gasteiger partial charge >= 0.3 is 0 Å². The quantitative estimate of drug-likeness (QED) is 0.915. The number of ether oxygens (including phenoxy) is 1. The highest BCUT2D eigenvalue weighted by Gasteiger charge is 2.13. The maximum absolute atomic E-state index is 5.09. The molecule has 19 heavy (non-hydrogen) atoms. The van der Waals surface area contributed by atoms with Crippen molar-refractivity contribution in [3.63, 3.8) is 0 Å². The number of methoxy groups -OCH3 is 1. The maximum Gasteiger partial charge on any atom is 0.232 e. The fraction of sp³-hybridized carbons (Fsp3) is 0.467. The van der Waals surface area contributed by atoms with E-state index in [1.54, 1.807) is 13.3 Å². The molecule has 1 aromatic carbocycles. The standard InChI is InChI=1S/C15H19N3O/c1-19-15-10-17-14-9-12(2-3-13(14)18-15)8-11-4-6-16-7-5-11/h2-3,9-11,16H,4-8H2,1H3. The molecule has 2 heterocycles. The summed E-state index contributed by atoms with van der Waals surface area (Å²) >= 11 is 0. The fourth-order valence-corrected chi connectivity index (χ4v) is 2.68. The molecule has 0 spiro atoms. The predicted octanol–water partition coefficient (Wildman–Crippen LogP) is 2.18. The van der Waals surface area contributed by atoms with Crippen molar-refractivity contribution in [3.8, 4) is 5.88 Å². The van der Waals surface area contributed by atoms with E-state index < -0.39 is 0 Å². The highest BCUT2D eigenvalue weighted by molar-refractivity contribution is 5.75. The van der Waals surface area contributed by atoms with Gasteiger partial charge < -0.3 is 10.1 Å². The van der Waals surface area contributed by atoms with Crippen LogP contribution in [0.15, 0.2) is 24.4 Å². The SMILES string of the molecule is COc1cnc2cc(CC3CCNCC3)ccc2n1. The number of benzene rings is 1. The first-order valence-corrected chi connectivity index (χ1v) is 6.85. The normalized spacial score (nSPS) is 16.7. The van der Waals surface area contributed by atoms with E-state index in [1.165, 1.54) is 18.4 Å². The smallest absolute Gasteiger partial charge is 0.232 e. The summed E-state index contributed by atoms with van der Waals surface area (Å²) in [5.41, 5.74) is 3.21. The minimum Gasteiger partial charge on any atom is -0.480 e. The lowest BCUT2D eigenvalue weighted by molar-refractivity contribution is 0.373. The molecule has 0 radical (unpaired) electrons. The van der Waals surface area contributed by atoms with Crippen molar-refractivity contribution in [2.45, 2.75) is 19.3 Å². The number of piperidine rings is 1. The predicted molar refractivity (Wildman–Crippen MR) is 75.4 cm³/mol. The molecule has 1 aromatic heterocycles. The summed E-state index contributed by atoms with van der Waals surface area (Å²) in [5, 5.41) is 3.41. The van der Waals surface area contributed by atoms with E-state index in [0.717, 1.165) is 36.5 Å². The van der Waals surface area contributed by atoms with Gasteiger partial charge in [0.1, 0.15) is 0 Å². The Hall–Kier alpha value is -1.68. The van der Waals surface area contributed by atoms with Gasteiger partial charge in [0.2, 0.25) is 5.88 Å². The van der Waals surface area contributed by atoms with Crippen LogP contribution in [0.25, 0.3) is 11.0 Å². The van der Waals surface area contributed by atoms with Gasteiger partial charge in [0.15, 0.2) is 0 Å². The molecule has 0 bridgehead atoms. The van der Waals surface area contributed by atoms with Gasteiger partial charge in [0.05, 0.1) is 24.3 Å². The Kier molecular flexibility index (Phi) is 3.60. The lowest BCUT2D eigenvalue weighted by atomic mass is 9.91. The molecule has 0 saturated carbocycles. The summed E-state index contributed by atoms with van der Waals surface area (Å²) in [6, 6.07) is 6.36. The zero-order valence-corrected chi connectivity index (χ0v) is 11.2. The largest absolute Gasteiger partial charge is 0.480 e. The molecule has 0 aliphatic carbocycles. The van der Waals surface area contributed by atoms with E-state index in [2.05, 4.69) is 27.4 Å². The maximum atomic E-state index is 5.09. The number of nitrogens with zero attached hydrogens (tertiary/aromatic N) is 2. The second-order valence-corrected chi connectivity index (χ2v) is 5.13. The number of hydrogen-bond donors (Lipinski definition) is 1.